The molecule has 0 saturated carbocycles. The summed E-state index contributed by atoms with van der Waals surface area (Å²) in [4.78, 5) is 30.7. The van der Waals surface area contributed by atoms with Crippen LogP contribution in [0.4, 0.5) is 18.9 Å². The number of hydrogen-bond donors (Lipinski definition) is 1. The summed E-state index contributed by atoms with van der Waals surface area (Å²) in [5.74, 6) is -4.57. The summed E-state index contributed by atoms with van der Waals surface area (Å²) in [6.07, 6.45) is 2.56. The summed E-state index contributed by atoms with van der Waals surface area (Å²) in [5, 5.41) is 11.2. The second-order valence-electron chi connectivity index (χ2n) is 8.32. The maximum absolute atomic E-state index is 15.3. The number of anilines is 1. The van der Waals surface area contributed by atoms with Crippen LogP contribution >= 0.6 is 11.6 Å². The van der Waals surface area contributed by atoms with E-state index in [0.717, 1.165) is 11.1 Å². The van der Waals surface area contributed by atoms with Crippen LogP contribution in [0.2, 0.25) is 5.02 Å². The molecule has 37 heavy (non-hydrogen) atoms. The van der Waals surface area contributed by atoms with E-state index in [1.54, 1.807) is 24.4 Å². The number of nitrogens with zero attached hydrogens (tertiary/aromatic N) is 6. The Morgan fingerprint density at radius 2 is 2.11 bits per heavy atom. The molecule has 192 valence electrons. The van der Waals surface area contributed by atoms with Crippen molar-refractivity contribution in [2.24, 2.45) is 0 Å². The summed E-state index contributed by atoms with van der Waals surface area (Å²) in [6, 6.07) is 6.26. The van der Waals surface area contributed by atoms with Gasteiger partial charge in [-0.25, -0.2) is 27.4 Å². The maximum Gasteiger partial charge on any atom is 0.280 e. The molecule has 1 fully saturated rings. The van der Waals surface area contributed by atoms with E-state index in [2.05, 4.69) is 20.5 Å². The average molecular weight is 534 g/mol. The molecule has 0 radical (unpaired) electrons. The SMILES string of the molecule is COc1ccc(Cl)cc1-c1nn(C(F)C(=O)N2CCC(F)(F)C2)cc1NC(=O)c1cnn2cccnc12. The molecule has 1 aromatic carbocycles. The molecule has 2 amide bonds. The normalized spacial score (nSPS) is 15.6. The highest BCUT2D eigenvalue weighted by Crippen LogP contribution is 2.37. The van der Waals surface area contributed by atoms with E-state index in [1.165, 1.54) is 30.1 Å². The zero-order chi connectivity index (χ0) is 26.3. The molecule has 0 aliphatic carbocycles. The quantitative estimate of drug-likeness (QED) is 0.403. The topological polar surface area (TPSA) is 107 Å². The predicted octanol–water partition coefficient (Wildman–Crippen LogP) is 3.84. The summed E-state index contributed by atoms with van der Waals surface area (Å²) in [7, 11) is 1.40. The molecule has 14 heteroatoms. The van der Waals surface area contributed by atoms with Gasteiger partial charge in [0.1, 0.15) is 17.0 Å². The number of alkyl halides is 3. The molecule has 1 N–H and O–H groups in total. The summed E-state index contributed by atoms with van der Waals surface area (Å²) in [6.45, 7) is -1.17. The first-order valence-electron chi connectivity index (χ1n) is 11.0. The average Bonchev–Trinajstić information content (AvgIpc) is 3.59. The first-order chi connectivity index (χ1) is 17.7. The zero-order valence-corrected chi connectivity index (χ0v) is 20.0. The van der Waals surface area contributed by atoms with Crippen LogP contribution < -0.4 is 10.1 Å². The third kappa shape index (κ3) is 4.69. The van der Waals surface area contributed by atoms with Crippen molar-refractivity contribution in [3.05, 3.63) is 59.6 Å². The minimum absolute atomic E-state index is 0.0167. The molecule has 1 aliphatic heterocycles. The molecule has 0 spiro atoms. The van der Waals surface area contributed by atoms with Gasteiger partial charge in [0.2, 0.25) is 0 Å². The Bertz CT molecular complexity index is 1510. The number of likely N-dealkylation sites (tertiary alicyclic amines) is 1. The van der Waals surface area contributed by atoms with E-state index in [1.807, 2.05) is 0 Å². The third-order valence-electron chi connectivity index (χ3n) is 5.84. The maximum atomic E-state index is 15.3. The number of nitrogens with one attached hydrogen (secondary N) is 1. The van der Waals surface area contributed by atoms with Gasteiger partial charge in [-0.2, -0.15) is 10.2 Å². The fourth-order valence-corrected chi connectivity index (χ4v) is 4.20. The smallest absolute Gasteiger partial charge is 0.280 e. The number of amides is 2. The van der Waals surface area contributed by atoms with E-state index in [0.29, 0.717) is 21.0 Å². The van der Waals surface area contributed by atoms with Crippen LogP contribution in [-0.2, 0) is 4.79 Å². The second-order valence-corrected chi connectivity index (χ2v) is 8.75. The Labute approximate surface area is 212 Å². The number of benzene rings is 1. The number of methoxy groups -OCH3 is 1. The van der Waals surface area contributed by atoms with Crippen LogP contribution in [0.1, 0.15) is 23.1 Å². The number of halogens is 4. The van der Waals surface area contributed by atoms with Crippen LogP contribution in [0.3, 0.4) is 0 Å². The molecule has 4 heterocycles. The van der Waals surface area contributed by atoms with Crippen molar-refractivity contribution in [1.82, 2.24) is 29.3 Å². The molecule has 0 bridgehead atoms. The van der Waals surface area contributed by atoms with Gasteiger partial charge in [-0.1, -0.05) is 11.6 Å². The Morgan fingerprint density at radius 1 is 1.30 bits per heavy atom. The monoisotopic (exact) mass is 533 g/mol. The highest BCUT2D eigenvalue weighted by Gasteiger charge is 2.42. The van der Waals surface area contributed by atoms with Gasteiger partial charge in [0, 0.05) is 35.9 Å². The van der Waals surface area contributed by atoms with Crippen molar-refractivity contribution in [1.29, 1.82) is 0 Å². The Hall–Kier alpha value is -4.13. The van der Waals surface area contributed by atoms with Gasteiger partial charge in [0.25, 0.3) is 24.0 Å². The lowest BCUT2D eigenvalue weighted by atomic mass is 10.1. The largest absolute Gasteiger partial charge is 0.496 e. The van der Waals surface area contributed by atoms with Crippen LogP contribution in [0.15, 0.2) is 49.1 Å². The fraction of sp³-hybridized carbons (Fsp3) is 0.261. The van der Waals surface area contributed by atoms with Crippen molar-refractivity contribution in [3.63, 3.8) is 0 Å². The standard InChI is InChI=1S/C23H19ClF3N7O3/c1-37-17-4-3-13(24)9-14(17)18-16(30-21(35)15-10-29-33-7-2-6-28-20(15)33)11-34(31-18)19(25)22(36)32-8-5-23(26,27)12-32/h2-4,6-7,9-11,19H,5,8,12H2,1H3,(H,30,35). The Kier molecular flexibility index (Phi) is 6.23. The first-order valence-corrected chi connectivity index (χ1v) is 11.4. The van der Waals surface area contributed by atoms with E-state index in [4.69, 9.17) is 16.3 Å². The van der Waals surface area contributed by atoms with Gasteiger partial charge in [-0.05, 0) is 24.3 Å². The number of carbonyl (C=O) groups excluding carboxylic acids is 2. The van der Waals surface area contributed by atoms with Crippen molar-refractivity contribution in [2.45, 2.75) is 18.6 Å². The predicted molar refractivity (Wildman–Crippen MR) is 126 cm³/mol. The molecular weight excluding hydrogens is 515 g/mol. The number of ether oxygens (including phenoxy) is 1. The highest BCUT2D eigenvalue weighted by molar-refractivity contribution is 6.31. The van der Waals surface area contributed by atoms with Gasteiger partial charge < -0.3 is 15.0 Å². The molecule has 1 atom stereocenters. The lowest BCUT2D eigenvalue weighted by Gasteiger charge is -2.18. The van der Waals surface area contributed by atoms with Crippen LogP contribution in [0, 0.1) is 0 Å². The highest BCUT2D eigenvalue weighted by atomic mass is 35.5. The van der Waals surface area contributed by atoms with Crippen LogP contribution in [0.5, 0.6) is 5.75 Å². The minimum atomic E-state index is -3.08. The number of aromatic nitrogens is 5. The minimum Gasteiger partial charge on any atom is -0.496 e. The number of hydrogen-bond acceptors (Lipinski definition) is 6. The van der Waals surface area contributed by atoms with Gasteiger partial charge in [-0.3, -0.25) is 9.59 Å². The summed E-state index contributed by atoms with van der Waals surface area (Å²) in [5.41, 5.74) is 0.768. The molecule has 1 unspecified atom stereocenters. The molecule has 5 rings (SSSR count). The number of fused-ring (bicyclic) bond motifs is 1. The second kappa shape index (κ2) is 9.39. The van der Waals surface area contributed by atoms with E-state index in [9.17, 15) is 18.4 Å². The number of carbonyl (C=O) groups is 2. The van der Waals surface area contributed by atoms with Crippen LogP contribution in [0.25, 0.3) is 16.9 Å². The van der Waals surface area contributed by atoms with Gasteiger partial charge in [-0.15, -0.1) is 0 Å². The van der Waals surface area contributed by atoms with E-state index >= 15 is 4.39 Å². The lowest BCUT2D eigenvalue weighted by Crippen LogP contribution is -2.36. The van der Waals surface area contributed by atoms with Crippen molar-refractivity contribution >= 4 is 34.7 Å². The van der Waals surface area contributed by atoms with Crippen molar-refractivity contribution in [2.75, 3.05) is 25.5 Å². The lowest BCUT2D eigenvalue weighted by molar-refractivity contribution is -0.140. The van der Waals surface area contributed by atoms with E-state index < -0.39 is 37.0 Å². The zero-order valence-electron chi connectivity index (χ0n) is 19.2. The molecule has 3 aromatic heterocycles. The third-order valence-corrected chi connectivity index (χ3v) is 6.07. The summed E-state index contributed by atoms with van der Waals surface area (Å²) < 4.78 is 49.9. The van der Waals surface area contributed by atoms with Crippen molar-refractivity contribution < 1.29 is 27.5 Å². The molecule has 4 aromatic rings. The van der Waals surface area contributed by atoms with E-state index in [-0.39, 0.29) is 29.1 Å². The summed E-state index contributed by atoms with van der Waals surface area (Å²) >= 11 is 6.16. The van der Waals surface area contributed by atoms with Gasteiger partial charge >= 0.3 is 0 Å². The number of rotatable bonds is 6. The van der Waals surface area contributed by atoms with Crippen LogP contribution in [-0.4, -0.2) is 67.2 Å². The van der Waals surface area contributed by atoms with Gasteiger partial charge in [0.15, 0.2) is 5.65 Å². The van der Waals surface area contributed by atoms with Crippen molar-refractivity contribution in [3.8, 4) is 17.0 Å². The first kappa shape index (κ1) is 24.6. The molecule has 10 nitrogen and oxygen atoms in total. The Balaban J connectivity index is 1.53. The molecular formula is C23H19ClF3N7O3. The molecule has 1 aliphatic rings. The fourth-order valence-electron chi connectivity index (χ4n) is 4.03. The molecule has 1 saturated heterocycles. The van der Waals surface area contributed by atoms with Gasteiger partial charge in [0.05, 0.1) is 31.7 Å². The Morgan fingerprint density at radius 3 is 2.84 bits per heavy atom.